The Morgan fingerprint density at radius 3 is 1.96 bits per heavy atom. The summed E-state index contributed by atoms with van der Waals surface area (Å²) in [5.74, 6) is 0.0704. The molecule has 126 valence electrons. The first-order valence-corrected chi connectivity index (χ1v) is 8.72. The van der Waals surface area contributed by atoms with Crippen molar-refractivity contribution in [2.45, 2.75) is 12.8 Å². The average Bonchev–Trinajstić information content (AvgIpc) is 3.04. The van der Waals surface area contributed by atoms with Crippen LogP contribution in [0.25, 0.3) is 5.57 Å². The number of Topliss-reactive ketones (excluding diaryl/α,β-unsaturated/α-hetero) is 2. The van der Waals surface area contributed by atoms with Gasteiger partial charge in [0.25, 0.3) is 0 Å². The summed E-state index contributed by atoms with van der Waals surface area (Å²) in [4.78, 5) is 25.8. The molecule has 3 aromatic carbocycles. The Balaban J connectivity index is 1.78. The summed E-state index contributed by atoms with van der Waals surface area (Å²) in [6.45, 7) is 0. The minimum Gasteiger partial charge on any atom is -0.294 e. The van der Waals surface area contributed by atoms with E-state index in [2.05, 4.69) is 0 Å². The van der Waals surface area contributed by atoms with E-state index < -0.39 is 0 Å². The SMILES string of the molecule is O=C(CC(=C1Cc2ccccc2C1=O)c1ccccc1)c1ccccc1. The van der Waals surface area contributed by atoms with E-state index in [0.29, 0.717) is 12.0 Å². The van der Waals surface area contributed by atoms with Crippen molar-refractivity contribution in [2.24, 2.45) is 0 Å². The number of carbonyl (C=O) groups excluding carboxylic acids is 2. The molecule has 0 bridgehead atoms. The standard InChI is InChI=1S/C24H18O2/c25-23(18-11-5-2-6-12-18)16-21(17-9-3-1-4-10-17)22-15-19-13-7-8-14-20(19)24(22)26/h1-14H,15-16H2. The number of allylic oxidation sites excluding steroid dienone is 2. The van der Waals surface area contributed by atoms with Crippen LogP contribution in [0, 0.1) is 0 Å². The van der Waals surface area contributed by atoms with Gasteiger partial charge in [0.2, 0.25) is 0 Å². The van der Waals surface area contributed by atoms with Gasteiger partial charge in [0.15, 0.2) is 11.6 Å². The van der Waals surface area contributed by atoms with Crippen LogP contribution in [-0.4, -0.2) is 11.6 Å². The highest BCUT2D eigenvalue weighted by molar-refractivity contribution is 6.19. The Labute approximate surface area is 152 Å². The van der Waals surface area contributed by atoms with E-state index in [9.17, 15) is 9.59 Å². The van der Waals surface area contributed by atoms with Crippen LogP contribution in [0.5, 0.6) is 0 Å². The highest BCUT2D eigenvalue weighted by Gasteiger charge is 2.28. The molecule has 0 radical (unpaired) electrons. The Morgan fingerprint density at radius 1 is 0.731 bits per heavy atom. The second-order valence-electron chi connectivity index (χ2n) is 6.45. The number of hydrogen-bond acceptors (Lipinski definition) is 2. The molecular weight excluding hydrogens is 320 g/mol. The van der Waals surface area contributed by atoms with E-state index >= 15 is 0 Å². The molecule has 0 heterocycles. The molecule has 0 saturated heterocycles. The third kappa shape index (κ3) is 3.02. The molecule has 0 atom stereocenters. The van der Waals surface area contributed by atoms with Gasteiger partial charge in [-0.05, 0) is 16.7 Å². The topological polar surface area (TPSA) is 34.1 Å². The van der Waals surface area contributed by atoms with Crippen LogP contribution in [0.15, 0.2) is 90.5 Å². The van der Waals surface area contributed by atoms with Crippen molar-refractivity contribution in [2.75, 3.05) is 0 Å². The Bertz CT molecular complexity index is 999. The molecule has 1 aliphatic carbocycles. The number of benzene rings is 3. The second kappa shape index (κ2) is 6.93. The van der Waals surface area contributed by atoms with Gasteiger partial charge in [-0.2, -0.15) is 0 Å². The van der Waals surface area contributed by atoms with Gasteiger partial charge in [-0.3, -0.25) is 9.59 Å². The number of rotatable bonds is 4. The lowest BCUT2D eigenvalue weighted by atomic mass is 9.91. The van der Waals surface area contributed by atoms with Crippen molar-refractivity contribution >= 4 is 17.1 Å². The van der Waals surface area contributed by atoms with Crippen molar-refractivity contribution in [3.63, 3.8) is 0 Å². The lowest BCUT2D eigenvalue weighted by molar-refractivity contribution is 0.0998. The quantitative estimate of drug-likeness (QED) is 0.487. The maximum atomic E-state index is 13.0. The van der Waals surface area contributed by atoms with Gasteiger partial charge >= 0.3 is 0 Å². The summed E-state index contributed by atoms with van der Waals surface area (Å²) in [7, 11) is 0. The minimum atomic E-state index is 0.0284. The van der Waals surface area contributed by atoms with Crippen LogP contribution < -0.4 is 0 Å². The zero-order valence-corrected chi connectivity index (χ0v) is 14.3. The molecule has 2 nitrogen and oxygen atoms in total. The van der Waals surface area contributed by atoms with Crippen LogP contribution in [-0.2, 0) is 6.42 Å². The van der Waals surface area contributed by atoms with Crippen molar-refractivity contribution in [1.82, 2.24) is 0 Å². The van der Waals surface area contributed by atoms with Gasteiger partial charge in [-0.1, -0.05) is 84.9 Å². The van der Waals surface area contributed by atoms with Gasteiger partial charge in [0, 0.05) is 29.5 Å². The summed E-state index contributed by atoms with van der Waals surface area (Å²) < 4.78 is 0. The molecule has 0 aliphatic heterocycles. The molecule has 26 heavy (non-hydrogen) atoms. The summed E-state index contributed by atoms with van der Waals surface area (Å²) in [5, 5.41) is 0. The van der Waals surface area contributed by atoms with E-state index in [1.165, 1.54) is 0 Å². The number of hydrogen-bond donors (Lipinski definition) is 0. The molecule has 1 aliphatic rings. The van der Waals surface area contributed by atoms with Gasteiger partial charge in [-0.15, -0.1) is 0 Å². The molecule has 2 heteroatoms. The smallest absolute Gasteiger partial charge is 0.189 e. The lowest BCUT2D eigenvalue weighted by Gasteiger charge is -2.11. The van der Waals surface area contributed by atoms with E-state index in [-0.39, 0.29) is 18.0 Å². The summed E-state index contributed by atoms with van der Waals surface area (Å²) in [6, 6.07) is 26.7. The van der Waals surface area contributed by atoms with Gasteiger partial charge in [0.05, 0.1) is 0 Å². The fourth-order valence-electron chi connectivity index (χ4n) is 3.48. The molecule has 0 unspecified atom stereocenters. The van der Waals surface area contributed by atoms with Crippen LogP contribution in [0.2, 0.25) is 0 Å². The number of ketones is 2. The molecule has 0 amide bonds. The first-order valence-electron chi connectivity index (χ1n) is 8.72. The summed E-state index contributed by atoms with van der Waals surface area (Å²) >= 11 is 0. The van der Waals surface area contributed by atoms with Crippen molar-refractivity contribution < 1.29 is 9.59 Å². The van der Waals surface area contributed by atoms with Crippen molar-refractivity contribution in [3.05, 3.63) is 113 Å². The van der Waals surface area contributed by atoms with E-state index in [0.717, 1.165) is 27.8 Å². The Hall–Kier alpha value is -3.26. The molecule has 0 aromatic heterocycles. The van der Waals surface area contributed by atoms with Crippen LogP contribution in [0.4, 0.5) is 0 Å². The predicted octanol–water partition coefficient (Wildman–Crippen LogP) is 5.15. The number of fused-ring (bicyclic) bond motifs is 1. The van der Waals surface area contributed by atoms with Crippen LogP contribution in [0.1, 0.15) is 38.3 Å². The lowest BCUT2D eigenvalue weighted by Crippen LogP contribution is -2.06. The van der Waals surface area contributed by atoms with Gasteiger partial charge in [-0.25, -0.2) is 0 Å². The maximum absolute atomic E-state index is 13.0. The average molecular weight is 338 g/mol. The summed E-state index contributed by atoms with van der Waals surface area (Å²) in [5.41, 5.74) is 4.97. The maximum Gasteiger partial charge on any atom is 0.189 e. The molecule has 0 spiro atoms. The molecular formula is C24H18O2. The largest absolute Gasteiger partial charge is 0.294 e. The Morgan fingerprint density at radius 2 is 1.31 bits per heavy atom. The second-order valence-corrected chi connectivity index (χ2v) is 6.45. The monoisotopic (exact) mass is 338 g/mol. The fraction of sp³-hybridized carbons (Fsp3) is 0.0833. The van der Waals surface area contributed by atoms with Crippen molar-refractivity contribution in [1.29, 1.82) is 0 Å². The number of carbonyl (C=O) groups is 2. The molecule has 0 fully saturated rings. The first kappa shape index (κ1) is 16.2. The normalized spacial score (nSPS) is 14.8. The third-order valence-electron chi connectivity index (χ3n) is 4.82. The van der Waals surface area contributed by atoms with Crippen molar-refractivity contribution in [3.8, 4) is 0 Å². The molecule has 4 rings (SSSR count). The molecule has 0 saturated carbocycles. The Kier molecular flexibility index (Phi) is 4.32. The predicted molar refractivity (Wildman–Crippen MR) is 103 cm³/mol. The van der Waals surface area contributed by atoms with E-state index in [4.69, 9.17) is 0 Å². The van der Waals surface area contributed by atoms with Gasteiger partial charge < -0.3 is 0 Å². The van der Waals surface area contributed by atoms with Crippen LogP contribution in [0.3, 0.4) is 0 Å². The van der Waals surface area contributed by atoms with E-state index in [1.54, 1.807) is 0 Å². The zero-order chi connectivity index (χ0) is 17.9. The zero-order valence-electron chi connectivity index (χ0n) is 14.3. The highest BCUT2D eigenvalue weighted by Crippen LogP contribution is 2.34. The van der Waals surface area contributed by atoms with E-state index in [1.807, 2.05) is 84.9 Å². The third-order valence-corrected chi connectivity index (χ3v) is 4.82. The van der Waals surface area contributed by atoms with Gasteiger partial charge in [0.1, 0.15) is 0 Å². The minimum absolute atomic E-state index is 0.0284. The summed E-state index contributed by atoms with van der Waals surface area (Å²) in [6.07, 6.45) is 0.810. The van der Waals surface area contributed by atoms with Crippen LogP contribution >= 0.6 is 0 Å². The highest BCUT2D eigenvalue weighted by atomic mass is 16.1. The molecule has 0 N–H and O–H groups in total. The first-order chi connectivity index (χ1) is 12.7. The molecule has 3 aromatic rings. The fourth-order valence-corrected chi connectivity index (χ4v) is 3.48.